The Morgan fingerprint density at radius 3 is 2.52 bits per heavy atom. The molecule has 1 aromatic rings. The van der Waals surface area contributed by atoms with Crippen LogP contribution >= 0.6 is 0 Å². The van der Waals surface area contributed by atoms with Gasteiger partial charge in [-0.15, -0.1) is 0 Å². The summed E-state index contributed by atoms with van der Waals surface area (Å²) in [6, 6.07) is 1.06. The normalized spacial score (nSPS) is 22.0. The lowest BCUT2D eigenvalue weighted by atomic mass is 9.92. The van der Waals surface area contributed by atoms with E-state index in [9.17, 15) is 0 Å². The molecule has 0 saturated heterocycles. The van der Waals surface area contributed by atoms with Gasteiger partial charge in [-0.05, 0) is 31.6 Å². The molecule has 0 aliphatic heterocycles. The van der Waals surface area contributed by atoms with E-state index >= 15 is 0 Å². The summed E-state index contributed by atoms with van der Waals surface area (Å²) >= 11 is 0. The second kappa shape index (κ2) is 7.13. The SMILES string of the molecule is Cn1cc(C#CC(NC2CCCCC2)C2CCCC2)cn1. The molecule has 0 bridgehead atoms. The van der Waals surface area contributed by atoms with Crippen LogP contribution in [0.1, 0.15) is 63.4 Å². The van der Waals surface area contributed by atoms with Crippen molar-refractivity contribution in [1.82, 2.24) is 15.1 Å². The Balaban J connectivity index is 1.67. The van der Waals surface area contributed by atoms with E-state index in [1.165, 1.54) is 57.8 Å². The number of aryl methyl sites for hydroxylation is 1. The van der Waals surface area contributed by atoms with E-state index in [-0.39, 0.29) is 0 Å². The molecular formula is C18H27N3. The molecule has 0 amide bonds. The molecule has 2 aliphatic rings. The molecule has 2 saturated carbocycles. The van der Waals surface area contributed by atoms with Crippen LogP contribution in [-0.4, -0.2) is 21.9 Å². The van der Waals surface area contributed by atoms with Gasteiger partial charge in [-0.1, -0.05) is 43.9 Å². The zero-order valence-corrected chi connectivity index (χ0v) is 13.1. The largest absolute Gasteiger partial charge is 0.301 e. The van der Waals surface area contributed by atoms with Crippen LogP contribution in [0.3, 0.4) is 0 Å². The molecule has 3 rings (SSSR count). The summed E-state index contributed by atoms with van der Waals surface area (Å²) in [5, 5.41) is 8.08. The highest BCUT2D eigenvalue weighted by atomic mass is 15.2. The first-order valence-corrected chi connectivity index (χ1v) is 8.57. The Labute approximate surface area is 128 Å². The number of nitrogens with zero attached hydrogens (tertiary/aromatic N) is 2. The third-order valence-corrected chi connectivity index (χ3v) is 4.97. The standard InChI is InChI=1S/C18H27N3/c1-21-14-15(13-19-21)11-12-18(16-7-5-6-8-16)20-17-9-3-2-4-10-17/h13-14,16-18,20H,2-10H2,1H3. The molecule has 2 aliphatic carbocycles. The van der Waals surface area contributed by atoms with Gasteiger partial charge in [0.2, 0.25) is 0 Å². The van der Waals surface area contributed by atoms with Gasteiger partial charge in [-0.3, -0.25) is 4.68 Å². The third-order valence-electron chi connectivity index (χ3n) is 4.97. The van der Waals surface area contributed by atoms with Gasteiger partial charge >= 0.3 is 0 Å². The monoisotopic (exact) mass is 285 g/mol. The minimum absolute atomic E-state index is 0.371. The predicted molar refractivity (Wildman–Crippen MR) is 85.8 cm³/mol. The summed E-state index contributed by atoms with van der Waals surface area (Å²) in [5.74, 6) is 7.61. The first-order valence-electron chi connectivity index (χ1n) is 8.57. The number of hydrogen-bond acceptors (Lipinski definition) is 2. The van der Waals surface area contributed by atoms with Gasteiger partial charge in [0.15, 0.2) is 0 Å². The topological polar surface area (TPSA) is 29.9 Å². The van der Waals surface area contributed by atoms with Gasteiger partial charge < -0.3 is 5.32 Å². The van der Waals surface area contributed by atoms with Crippen LogP contribution in [0.4, 0.5) is 0 Å². The number of rotatable bonds is 3. The second-order valence-corrected chi connectivity index (χ2v) is 6.70. The maximum Gasteiger partial charge on any atom is 0.0724 e. The van der Waals surface area contributed by atoms with E-state index in [2.05, 4.69) is 22.3 Å². The van der Waals surface area contributed by atoms with Crippen molar-refractivity contribution in [2.75, 3.05) is 0 Å². The highest BCUT2D eigenvalue weighted by molar-refractivity contribution is 5.31. The van der Waals surface area contributed by atoms with E-state index in [0.717, 1.165) is 11.5 Å². The summed E-state index contributed by atoms with van der Waals surface area (Å²) < 4.78 is 1.82. The zero-order valence-electron chi connectivity index (χ0n) is 13.1. The lowest BCUT2D eigenvalue weighted by Gasteiger charge is -2.29. The van der Waals surface area contributed by atoms with Crippen molar-refractivity contribution in [2.45, 2.75) is 69.9 Å². The van der Waals surface area contributed by atoms with Crippen LogP contribution in [-0.2, 0) is 7.05 Å². The van der Waals surface area contributed by atoms with E-state index in [4.69, 9.17) is 0 Å². The molecule has 21 heavy (non-hydrogen) atoms. The highest BCUT2D eigenvalue weighted by Crippen LogP contribution is 2.29. The van der Waals surface area contributed by atoms with Crippen molar-refractivity contribution >= 4 is 0 Å². The molecule has 1 N–H and O–H groups in total. The predicted octanol–water partition coefficient (Wildman–Crippen LogP) is 3.25. The molecule has 1 heterocycles. The van der Waals surface area contributed by atoms with Crippen molar-refractivity contribution in [1.29, 1.82) is 0 Å². The number of nitrogens with one attached hydrogen (secondary N) is 1. The van der Waals surface area contributed by atoms with Crippen molar-refractivity contribution in [2.24, 2.45) is 13.0 Å². The van der Waals surface area contributed by atoms with Crippen LogP contribution < -0.4 is 5.32 Å². The van der Waals surface area contributed by atoms with Gasteiger partial charge in [0.25, 0.3) is 0 Å². The van der Waals surface area contributed by atoms with Crippen molar-refractivity contribution in [3.63, 3.8) is 0 Å². The summed E-state index contributed by atoms with van der Waals surface area (Å²) in [5.41, 5.74) is 1.03. The third kappa shape index (κ3) is 4.11. The first-order chi connectivity index (χ1) is 10.3. The summed E-state index contributed by atoms with van der Waals surface area (Å²) in [6.07, 6.45) is 16.1. The van der Waals surface area contributed by atoms with Crippen molar-refractivity contribution in [3.8, 4) is 11.8 Å². The maximum atomic E-state index is 4.20. The quantitative estimate of drug-likeness (QED) is 0.864. The Kier molecular flexibility index (Phi) is 4.98. The van der Waals surface area contributed by atoms with Gasteiger partial charge in [-0.2, -0.15) is 5.10 Å². The smallest absolute Gasteiger partial charge is 0.0724 e. The van der Waals surface area contributed by atoms with Gasteiger partial charge in [0, 0.05) is 19.3 Å². The lowest BCUT2D eigenvalue weighted by Crippen LogP contribution is -2.42. The van der Waals surface area contributed by atoms with Crippen LogP contribution in [0.15, 0.2) is 12.4 Å². The molecule has 0 radical (unpaired) electrons. The van der Waals surface area contributed by atoms with Crippen LogP contribution in [0, 0.1) is 17.8 Å². The molecule has 1 aromatic heterocycles. The first kappa shape index (κ1) is 14.7. The maximum absolute atomic E-state index is 4.20. The van der Waals surface area contributed by atoms with Crippen molar-refractivity contribution < 1.29 is 0 Å². The minimum atomic E-state index is 0.371. The highest BCUT2D eigenvalue weighted by Gasteiger charge is 2.26. The molecule has 0 aromatic carbocycles. The Morgan fingerprint density at radius 1 is 1.14 bits per heavy atom. The zero-order chi connectivity index (χ0) is 14.5. The fourth-order valence-electron chi connectivity index (χ4n) is 3.76. The molecule has 1 atom stereocenters. The molecule has 3 heteroatoms. The Bertz CT molecular complexity index is 496. The summed E-state index contributed by atoms with van der Waals surface area (Å²) in [6.45, 7) is 0. The molecule has 1 unspecified atom stereocenters. The van der Waals surface area contributed by atoms with E-state index < -0.39 is 0 Å². The Morgan fingerprint density at radius 2 is 1.86 bits per heavy atom. The molecule has 114 valence electrons. The van der Waals surface area contributed by atoms with Crippen LogP contribution in [0.2, 0.25) is 0 Å². The summed E-state index contributed by atoms with van der Waals surface area (Å²) in [7, 11) is 1.94. The van der Waals surface area contributed by atoms with Crippen LogP contribution in [0.25, 0.3) is 0 Å². The summed E-state index contributed by atoms with van der Waals surface area (Å²) in [4.78, 5) is 0. The fraction of sp³-hybridized carbons (Fsp3) is 0.722. The Hall–Kier alpha value is -1.27. The number of aromatic nitrogens is 2. The number of hydrogen-bond donors (Lipinski definition) is 1. The fourth-order valence-corrected chi connectivity index (χ4v) is 3.76. The average molecular weight is 285 g/mol. The average Bonchev–Trinajstić information content (AvgIpc) is 3.16. The molecule has 0 spiro atoms. The van der Waals surface area contributed by atoms with Gasteiger partial charge in [-0.25, -0.2) is 0 Å². The lowest BCUT2D eigenvalue weighted by molar-refractivity contribution is 0.316. The van der Waals surface area contributed by atoms with Gasteiger partial charge in [0.1, 0.15) is 0 Å². The van der Waals surface area contributed by atoms with Gasteiger partial charge in [0.05, 0.1) is 17.8 Å². The van der Waals surface area contributed by atoms with E-state index in [1.807, 2.05) is 24.1 Å². The van der Waals surface area contributed by atoms with E-state index in [1.54, 1.807) is 0 Å². The minimum Gasteiger partial charge on any atom is -0.301 e. The second-order valence-electron chi connectivity index (χ2n) is 6.70. The molecule has 2 fully saturated rings. The van der Waals surface area contributed by atoms with Crippen molar-refractivity contribution in [3.05, 3.63) is 18.0 Å². The molecule has 3 nitrogen and oxygen atoms in total. The molecular weight excluding hydrogens is 258 g/mol. The van der Waals surface area contributed by atoms with Crippen LogP contribution in [0.5, 0.6) is 0 Å². The van der Waals surface area contributed by atoms with E-state index in [0.29, 0.717) is 12.1 Å².